The highest BCUT2D eigenvalue weighted by Crippen LogP contribution is 2.26. The van der Waals surface area contributed by atoms with Crippen molar-refractivity contribution in [3.8, 4) is 0 Å². The second-order valence-electron chi connectivity index (χ2n) is 5.84. The molecule has 22 heavy (non-hydrogen) atoms. The van der Waals surface area contributed by atoms with Crippen molar-refractivity contribution in [1.82, 2.24) is 15.0 Å². The molecular formula is C17H21N3O2. The quantitative estimate of drug-likeness (QED) is 0.871. The van der Waals surface area contributed by atoms with Crippen LogP contribution in [0.4, 0.5) is 0 Å². The van der Waals surface area contributed by atoms with Crippen LogP contribution in [0.25, 0.3) is 0 Å². The number of hydrogen-bond acceptors (Lipinski definition) is 4. The Morgan fingerprint density at radius 1 is 1.36 bits per heavy atom. The van der Waals surface area contributed by atoms with Crippen molar-refractivity contribution < 1.29 is 9.32 Å². The number of carbonyl (C=O) groups excluding carboxylic acids is 1. The second kappa shape index (κ2) is 6.73. The minimum atomic E-state index is 0.177. The third-order valence-corrected chi connectivity index (χ3v) is 4.14. The Morgan fingerprint density at radius 3 is 2.91 bits per heavy atom. The fourth-order valence-corrected chi connectivity index (χ4v) is 2.94. The maximum Gasteiger partial charge on any atom is 0.231 e. The fourth-order valence-electron chi connectivity index (χ4n) is 2.94. The van der Waals surface area contributed by atoms with Crippen LogP contribution in [0.1, 0.15) is 42.5 Å². The van der Waals surface area contributed by atoms with Gasteiger partial charge >= 0.3 is 0 Å². The summed E-state index contributed by atoms with van der Waals surface area (Å²) in [6.07, 6.45) is 3.34. The van der Waals surface area contributed by atoms with E-state index in [0.717, 1.165) is 25.8 Å². The van der Waals surface area contributed by atoms with E-state index in [0.29, 0.717) is 24.7 Å². The van der Waals surface area contributed by atoms with Crippen LogP contribution in [0.3, 0.4) is 0 Å². The summed E-state index contributed by atoms with van der Waals surface area (Å²) in [7, 11) is 0. The van der Waals surface area contributed by atoms with E-state index in [9.17, 15) is 4.79 Å². The van der Waals surface area contributed by atoms with Crippen molar-refractivity contribution in [3.05, 3.63) is 47.6 Å². The van der Waals surface area contributed by atoms with Gasteiger partial charge in [-0.15, -0.1) is 0 Å². The summed E-state index contributed by atoms with van der Waals surface area (Å²) >= 11 is 0. The van der Waals surface area contributed by atoms with Gasteiger partial charge in [0.05, 0.1) is 5.92 Å². The van der Waals surface area contributed by atoms with E-state index in [2.05, 4.69) is 22.3 Å². The number of aromatic nitrogens is 2. The molecule has 2 aromatic rings. The summed E-state index contributed by atoms with van der Waals surface area (Å²) in [5.74, 6) is 1.71. The van der Waals surface area contributed by atoms with Gasteiger partial charge in [-0.1, -0.05) is 35.5 Å². The van der Waals surface area contributed by atoms with Crippen LogP contribution < -0.4 is 0 Å². The number of nitrogens with zero attached hydrogens (tertiary/aromatic N) is 3. The molecule has 1 aliphatic rings. The Balaban J connectivity index is 1.56. The predicted molar refractivity (Wildman–Crippen MR) is 82.4 cm³/mol. The molecule has 1 atom stereocenters. The smallest absolute Gasteiger partial charge is 0.231 e. The minimum absolute atomic E-state index is 0.177. The van der Waals surface area contributed by atoms with Gasteiger partial charge in [-0.2, -0.15) is 4.98 Å². The van der Waals surface area contributed by atoms with E-state index >= 15 is 0 Å². The molecular weight excluding hydrogens is 278 g/mol. The van der Waals surface area contributed by atoms with Crippen LogP contribution in [0.2, 0.25) is 0 Å². The number of carbonyl (C=O) groups is 1. The average molecular weight is 299 g/mol. The maximum atomic E-state index is 12.4. The summed E-state index contributed by atoms with van der Waals surface area (Å²) < 4.78 is 5.26. The van der Waals surface area contributed by atoms with Crippen LogP contribution in [0.15, 0.2) is 34.9 Å². The molecule has 0 saturated carbocycles. The van der Waals surface area contributed by atoms with Crippen molar-refractivity contribution >= 4 is 5.91 Å². The maximum absolute atomic E-state index is 12.4. The molecule has 5 heteroatoms. The first-order chi connectivity index (χ1) is 10.7. The van der Waals surface area contributed by atoms with E-state index in [4.69, 9.17) is 4.52 Å². The van der Waals surface area contributed by atoms with Gasteiger partial charge in [-0.3, -0.25) is 4.79 Å². The largest absolute Gasteiger partial charge is 0.342 e. The predicted octanol–water partition coefficient (Wildman–Crippen LogP) is 2.72. The van der Waals surface area contributed by atoms with Gasteiger partial charge in [0.1, 0.15) is 0 Å². The van der Waals surface area contributed by atoms with Crippen LogP contribution in [-0.4, -0.2) is 34.0 Å². The van der Waals surface area contributed by atoms with Crippen molar-refractivity contribution in [2.45, 2.75) is 38.5 Å². The lowest BCUT2D eigenvalue weighted by molar-refractivity contribution is -0.132. The number of amides is 1. The van der Waals surface area contributed by atoms with Crippen molar-refractivity contribution in [2.24, 2.45) is 0 Å². The normalized spacial score (nSPS) is 18.4. The summed E-state index contributed by atoms with van der Waals surface area (Å²) in [6, 6.07) is 10.1. The molecule has 0 spiro atoms. The lowest BCUT2D eigenvalue weighted by Gasteiger charge is -2.31. The zero-order chi connectivity index (χ0) is 15.4. The van der Waals surface area contributed by atoms with Crippen molar-refractivity contribution in [1.29, 1.82) is 0 Å². The van der Waals surface area contributed by atoms with Gasteiger partial charge in [0.2, 0.25) is 11.8 Å². The number of hydrogen-bond donors (Lipinski definition) is 0. The number of benzene rings is 1. The zero-order valence-electron chi connectivity index (χ0n) is 12.9. The Morgan fingerprint density at radius 2 is 2.18 bits per heavy atom. The topological polar surface area (TPSA) is 59.2 Å². The SMILES string of the molecule is Cc1noc(C2CCCN(C(=O)CCc3ccccc3)C2)n1. The molecule has 5 nitrogen and oxygen atoms in total. The highest BCUT2D eigenvalue weighted by Gasteiger charge is 2.27. The summed E-state index contributed by atoms with van der Waals surface area (Å²) in [5.41, 5.74) is 1.21. The molecule has 0 radical (unpaired) electrons. The van der Waals surface area contributed by atoms with Gasteiger partial charge in [-0.05, 0) is 31.7 Å². The molecule has 3 rings (SSSR count). The van der Waals surface area contributed by atoms with Gasteiger partial charge < -0.3 is 9.42 Å². The van der Waals surface area contributed by atoms with Crippen LogP contribution in [0, 0.1) is 6.92 Å². The minimum Gasteiger partial charge on any atom is -0.342 e. The molecule has 1 aromatic heterocycles. The van der Waals surface area contributed by atoms with Crippen molar-refractivity contribution in [3.63, 3.8) is 0 Å². The molecule has 1 amide bonds. The van der Waals surface area contributed by atoms with Crippen LogP contribution in [0.5, 0.6) is 0 Å². The standard InChI is InChI=1S/C17H21N3O2/c1-13-18-17(22-19-13)15-8-5-11-20(12-15)16(21)10-9-14-6-3-2-4-7-14/h2-4,6-7,15H,5,8-12H2,1H3. The molecule has 0 N–H and O–H groups in total. The number of aryl methyl sites for hydroxylation is 2. The van der Waals surface area contributed by atoms with E-state index in [1.54, 1.807) is 0 Å². The van der Waals surface area contributed by atoms with Gasteiger partial charge in [0.25, 0.3) is 0 Å². The molecule has 0 aliphatic carbocycles. The van der Waals surface area contributed by atoms with E-state index in [1.807, 2.05) is 30.0 Å². The average Bonchev–Trinajstić information content (AvgIpc) is 3.00. The van der Waals surface area contributed by atoms with Crippen molar-refractivity contribution in [2.75, 3.05) is 13.1 Å². The van der Waals surface area contributed by atoms with Gasteiger partial charge in [-0.25, -0.2) is 0 Å². The molecule has 1 fully saturated rings. The Labute approximate surface area is 130 Å². The lowest BCUT2D eigenvalue weighted by Crippen LogP contribution is -2.39. The second-order valence-corrected chi connectivity index (χ2v) is 5.84. The first-order valence-electron chi connectivity index (χ1n) is 7.84. The summed E-state index contributed by atoms with van der Waals surface area (Å²) in [5, 5.41) is 3.85. The van der Waals surface area contributed by atoms with Crippen LogP contribution in [-0.2, 0) is 11.2 Å². The third-order valence-electron chi connectivity index (χ3n) is 4.14. The molecule has 116 valence electrons. The number of likely N-dealkylation sites (tertiary alicyclic amines) is 1. The van der Waals surface area contributed by atoms with Crippen LogP contribution >= 0.6 is 0 Å². The molecule has 1 aliphatic heterocycles. The third kappa shape index (κ3) is 3.53. The highest BCUT2D eigenvalue weighted by atomic mass is 16.5. The molecule has 2 heterocycles. The Bertz CT molecular complexity index is 624. The molecule has 1 unspecified atom stereocenters. The van der Waals surface area contributed by atoms with E-state index in [-0.39, 0.29) is 11.8 Å². The molecule has 1 aromatic carbocycles. The lowest BCUT2D eigenvalue weighted by atomic mass is 9.97. The monoisotopic (exact) mass is 299 g/mol. The number of piperidine rings is 1. The first-order valence-corrected chi connectivity index (χ1v) is 7.84. The molecule has 0 bridgehead atoms. The highest BCUT2D eigenvalue weighted by molar-refractivity contribution is 5.76. The van der Waals surface area contributed by atoms with E-state index < -0.39 is 0 Å². The summed E-state index contributed by atoms with van der Waals surface area (Å²) in [4.78, 5) is 18.7. The van der Waals surface area contributed by atoms with Gasteiger partial charge in [0.15, 0.2) is 5.82 Å². The molecule has 1 saturated heterocycles. The first kappa shape index (κ1) is 14.8. The van der Waals surface area contributed by atoms with E-state index in [1.165, 1.54) is 5.56 Å². The summed E-state index contributed by atoms with van der Waals surface area (Å²) in [6.45, 7) is 3.34. The Kier molecular flexibility index (Phi) is 4.51. The Hall–Kier alpha value is -2.17. The number of rotatable bonds is 4. The fraction of sp³-hybridized carbons (Fsp3) is 0.471. The zero-order valence-corrected chi connectivity index (χ0v) is 12.9. The van der Waals surface area contributed by atoms with Gasteiger partial charge in [0, 0.05) is 19.5 Å².